The zero-order valence-corrected chi connectivity index (χ0v) is 17.5. The van der Waals surface area contributed by atoms with Crippen molar-refractivity contribution in [2.24, 2.45) is 0 Å². The van der Waals surface area contributed by atoms with Crippen molar-refractivity contribution >= 4 is 11.0 Å². The molecule has 0 bridgehead atoms. The number of aromatic nitrogens is 2. The highest BCUT2D eigenvalue weighted by Gasteiger charge is 2.13. The predicted octanol–water partition coefficient (Wildman–Crippen LogP) is 6.64. The second-order valence-corrected chi connectivity index (χ2v) is 7.80. The van der Waals surface area contributed by atoms with Gasteiger partial charge < -0.3 is 9.30 Å². The smallest absolute Gasteiger partial charge is 0.141 e. The summed E-state index contributed by atoms with van der Waals surface area (Å²) in [5, 5.41) is 0. The maximum atomic E-state index is 5.96. The van der Waals surface area contributed by atoms with Gasteiger partial charge in [0.15, 0.2) is 0 Å². The molecule has 0 amide bonds. The second kappa shape index (κ2) is 8.49. The van der Waals surface area contributed by atoms with E-state index >= 15 is 0 Å². The third-order valence-corrected chi connectivity index (χ3v) is 5.45. The molecule has 0 aliphatic carbocycles. The van der Waals surface area contributed by atoms with Crippen LogP contribution in [0.25, 0.3) is 22.4 Å². The molecule has 3 heteroatoms. The van der Waals surface area contributed by atoms with E-state index in [4.69, 9.17) is 9.72 Å². The van der Waals surface area contributed by atoms with Crippen LogP contribution in [0, 0.1) is 6.92 Å². The van der Waals surface area contributed by atoms with Gasteiger partial charge in [-0.05, 0) is 60.0 Å². The van der Waals surface area contributed by atoms with Crippen LogP contribution in [-0.2, 0) is 13.2 Å². The fraction of sp³-hybridized carbons (Fsp3) is 0.107. The van der Waals surface area contributed by atoms with Crippen LogP contribution >= 0.6 is 0 Å². The number of rotatable bonds is 6. The maximum absolute atomic E-state index is 5.96. The van der Waals surface area contributed by atoms with Crippen molar-refractivity contribution in [2.75, 3.05) is 0 Å². The summed E-state index contributed by atoms with van der Waals surface area (Å²) in [7, 11) is 0. The van der Waals surface area contributed by atoms with Gasteiger partial charge in [0.25, 0.3) is 0 Å². The summed E-state index contributed by atoms with van der Waals surface area (Å²) in [6.07, 6.45) is 0. The summed E-state index contributed by atoms with van der Waals surface area (Å²) in [6, 6.07) is 35.4. The number of ether oxygens (including phenoxy) is 1. The lowest BCUT2D eigenvalue weighted by molar-refractivity contribution is 0.306. The second-order valence-electron chi connectivity index (χ2n) is 7.80. The first-order valence-electron chi connectivity index (χ1n) is 10.5. The lowest BCUT2D eigenvalue weighted by Crippen LogP contribution is -2.02. The van der Waals surface area contributed by atoms with Gasteiger partial charge in [-0.1, -0.05) is 66.7 Å². The molecule has 0 fully saturated rings. The van der Waals surface area contributed by atoms with Gasteiger partial charge in [0.2, 0.25) is 0 Å². The molecule has 0 saturated carbocycles. The van der Waals surface area contributed by atoms with E-state index in [9.17, 15) is 0 Å². The summed E-state index contributed by atoms with van der Waals surface area (Å²) in [5.41, 5.74) is 6.88. The van der Waals surface area contributed by atoms with E-state index in [0.717, 1.165) is 40.3 Å². The Kier molecular flexibility index (Phi) is 5.24. The first kappa shape index (κ1) is 19.1. The molecule has 0 spiro atoms. The Balaban J connectivity index is 1.46. The Morgan fingerprint density at radius 1 is 0.742 bits per heavy atom. The Hall–Kier alpha value is -3.85. The summed E-state index contributed by atoms with van der Waals surface area (Å²) in [6.45, 7) is 3.45. The zero-order valence-electron chi connectivity index (χ0n) is 17.5. The van der Waals surface area contributed by atoms with Crippen LogP contribution < -0.4 is 4.74 Å². The van der Waals surface area contributed by atoms with Crippen LogP contribution in [-0.4, -0.2) is 9.55 Å². The van der Waals surface area contributed by atoms with Crippen LogP contribution in [0.3, 0.4) is 0 Å². The molecule has 0 N–H and O–H groups in total. The quantitative estimate of drug-likeness (QED) is 0.317. The number of benzene rings is 4. The lowest BCUT2D eigenvalue weighted by atomic mass is 10.1. The van der Waals surface area contributed by atoms with Gasteiger partial charge in [-0.3, -0.25) is 0 Å². The minimum atomic E-state index is 0.561. The van der Waals surface area contributed by atoms with E-state index in [-0.39, 0.29) is 0 Å². The largest absolute Gasteiger partial charge is 0.489 e. The van der Waals surface area contributed by atoms with Crippen molar-refractivity contribution in [1.29, 1.82) is 0 Å². The molecule has 0 unspecified atom stereocenters. The molecular weight excluding hydrogens is 380 g/mol. The third-order valence-electron chi connectivity index (χ3n) is 5.45. The fourth-order valence-electron chi connectivity index (χ4n) is 3.83. The van der Waals surface area contributed by atoms with Crippen molar-refractivity contribution in [3.63, 3.8) is 0 Å². The maximum Gasteiger partial charge on any atom is 0.141 e. The highest BCUT2D eigenvalue weighted by Crippen LogP contribution is 2.28. The van der Waals surface area contributed by atoms with E-state index in [2.05, 4.69) is 78.2 Å². The first-order valence-corrected chi connectivity index (χ1v) is 10.5. The van der Waals surface area contributed by atoms with Crippen LogP contribution in [0.2, 0.25) is 0 Å². The highest BCUT2D eigenvalue weighted by molar-refractivity contribution is 5.81. The SMILES string of the molecule is Cc1ccc2c(c1)nc(-c1ccc(OCc3ccccc3)cc1)n2Cc1ccccc1. The van der Waals surface area contributed by atoms with E-state index in [1.807, 2.05) is 36.4 Å². The molecule has 1 aromatic heterocycles. The van der Waals surface area contributed by atoms with Crippen molar-refractivity contribution in [3.8, 4) is 17.1 Å². The molecule has 5 aromatic rings. The van der Waals surface area contributed by atoms with Crippen molar-refractivity contribution < 1.29 is 4.74 Å². The third kappa shape index (κ3) is 4.22. The van der Waals surface area contributed by atoms with Gasteiger partial charge >= 0.3 is 0 Å². The van der Waals surface area contributed by atoms with Gasteiger partial charge in [0.05, 0.1) is 11.0 Å². The molecular formula is C28H24N2O. The van der Waals surface area contributed by atoms with E-state index in [1.165, 1.54) is 11.1 Å². The minimum Gasteiger partial charge on any atom is -0.489 e. The molecule has 0 atom stereocenters. The van der Waals surface area contributed by atoms with Gasteiger partial charge in [0, 0.05) is 12.1 Å². The molecule has 0 radical (unpaired) electrons. The minimum absolute atomic E-state index is 0.561. The topological polar surface area (TPSA) is 27.1 Å². The van der Waals surface area contributed by atoms with Gasteiger partial charge in [-0.15, -0.1) is 0 Å². The highest BCUT2D eigenvalue weighted by atomic mass is 16.5. The normalized spacial score (nSPS) is 11.0. The number of nitrogens with zero attached hydrogens (tertiary/aromatic N) is 2. The molecule has 1 heterocycles. The molecule has 5 rings (SSSR count). The number of hydrogen-bond donors (Lipinski definition) is 0. The molecule has 4 aromatic carbocycles. The lowest BCUT2D eigenvalue weighted by Gasteiger charge is -2.11. The molecule has 31 heavy (non-hydrogen) atoms. The number of imidazole rings is 1. The van der Waals surface area contributed by atoms with E-state index in [0.29, 0.717) is 6.61 Å². The van der Waals surface area contributed by atoms with Crippen LogP contribution in [0.4, 0.5) is 0 Å². The van der Waals surface area contributed by atoms with Gasteiger partial charge in [-0.25, -0.2) is 4.98 Å². The Bertz CT molecular complexity index is 1290. The van der Waals surface area contributed by atoms with Crippen molar-refractivity contribution in [1.82, 2.24) is 9.55 Å². The molecule has 152 valence electrons. The Labute approximate surface area is 182 Å². The van der Waals surface area contributed by atoms with E-state index < -0.39 is 0 Å². The summed E-state index contributed by atoms with van der Waals surface area (Å²) in [5.74, 6) is 1.83. The summed E-state index contributed by atoms with van der Waals surface area (Å²) in [4.78, 5) is 4.99. The van der Waals surface area contributed by atoms with Crippen LogP contribution in [0.15, 0.2) is 103 Å². The fourth-order valence-corrected chi connectivity index (χ4v) is 3.83. The number of aryl methyl sites for hydroxylation is 1. The Morgan fingerprint density at radius 3 is 2.13 bits per heavy atom. The Morgan fingerprint density at radius 2 is 1.42 bits per heavy atom. The molecule has 0 saturated heterocycles. The molecule has 0 aliphatic heterocycles. The van der Waals surface area contributed by atoms with Crippen molar-refractivity contribution in [3.05, 3.63) is 120 Å². The average Bonchev–Trinajstić information content (AvgIpc) is 3.16. The van der Waals surface area contributed by atoms with Gasteiger partial charge in [0.1, 0.15) is 18.2 Å². The van der Waals surface area contributed by atoms with Crippen LogP contribution in [0.1, 0.15) is 16.7 Å². The standard InChI is InChI=1S/C28H24N2O/c1-21-12-17-27-26(18-21)29-28(30(27)19-22-8-4-2-5-9-22)24-13-15-25(16-14-24)31-20-23-10-6-3-7-11-23/h2-18H,19-20H2,1H3. The predicted molar refractivity (Wildman–Crippen MR) is 126 cm³/mol. The zero-order chi connectivity index (χ0) is 21.0. The number of hydrogen-bond acceptors (Lipinski definition) is 2. The monoisotopic (exact) mass is 404 g/mol. The summed E-state index contributed by atoms with van der Waals surface area (Å²) < 4.78 is 8.25. The van der Waals surface area contributed by atoms with E-state index in [1.54, 1.807) is 0 Å². The van der Waals surface area contributed by atoms with Crippen LogP contribution in [0.5, 0.6) is 5.75 Å². The average molecular weight is 405 g/mol. The van der Waals surface area contributed by atoms with Crippen molar-refractivity contribution in [2.45, 2.75) is 20.1 Å². The van der Waals surface area contributed by atoms with Gasteiger partial charge in [-0.2, -0.15) is 0 Å². The first-order chi connectivity index (χ1) is 15.3. The molecule has 3 nitrogen and oxygen atoms in total. The molecule has 0 aliphatic rings. The summed E-state index contributed by atoms with van der Waals surface area (Å²) >= 11 is 0. The number of fused-ring (bicyclic) bond motifs is 1.